The van der Waals surface area contributed by atoms with Gasteiger partial charge in [0, 0.05) is 11.6 Å². The van der Waals surface area contributed by atoms with Gasteiger partial charge in [-0.3, -0.25) is 9.59 Å². The predicted octanol–water partition coefficient (Wildman–Crippen LogP) is 6.07. The Balaban J connectivity index is 1.68. The summed E-state index contributed by atoms with van der Waals surface area (Å²) in [5.74, 6) is 1.02. The second-order valence-electron chi connectivity index (χ2n) is 8.63. The molecule has 0 aliphatic carbocycles. The molecule has 0 radical (unpaired) electrons. The molecule has 3 aromatic carbocycles. The topological polar surface area (TPSA) is 69.0 Å². The second-order valence-corrected chi connectivity index (χ2v) is 9.03. The van der Waals surface area contributed by atoms with Crippen LogP contribution in [0.3, 0.4) is 0 Å². The lowest BCUT2D eigenvalue weighted by Gasteiger charge is -2.25. The summed E-state index contributed by atoms with van der Waals surface area (Å²) in [6.45, 7) is 6.12. The smallest absolute Gasteiger partial charge is 0.291 e. The van der Waals surface area contributed by atoms with Crippen LogP contribution in [0.4, 0.5) is 0 Å². The van der Waals surface area contributed by atoms with E-state index in [-0.39, 0.29) is 23.6 Å². The third-order valence-electron chi connectivity index (χ3n) is 6.30. The van der Waals surface area contributed by atoms with E-state index in [9.17, 15) is 9.59 Å². The molecule has 0 spiro atoms. The molecule has 0 saturated heterocycles. The average Bonchev–Trinajstić information content (AvgIpc) is 3.16. The largest absolute Gasteiger partial charge is 0.497 e. The molecular formula is C29H24ClNO5. The summed E-state index contributed by atoms with van der Waals surface area (Å²) in [4.78, 5) is 29.2. The molecule has 4 aromatic rings. The number of aryl methyl sites for hydroxylation is 1. The number of fused-ring (bicyclic) bond motifs is 2. The van der Waals surface area contributed by atoms with E-state index in [1.807, 2.05) is 55.5 Å². The molecular weight excluding hydrogens is 478 g/mol. The Bertz CT molecular complexity index is 1540. The summed E-state index contributed by atoms with van der Waals surface area (Å²) >= 11 is 6.33. The summed E-state index contributed by atoms with van der Waals surface area (Å²) < 4.78 is 17.1. The van der Waals surface area contributed by atoms with Crippen LogP contribution in [0.5, 0.6) is 11.5 Å². The molecule has 1 aliphatic heterocycles. The van der Waals surface area contributed by atoms with Crippen LogP contribution in [0.25, 0.3) is 11.0 Å². The van der Waals surface area contributed by atoms with Gasteiger partial charge >= 0.3 is 0 Å². The molecule has 2 heterocycles. The molecule has 1 aliphatic rings. The number of hydrogen-bond donors (Lipinski definition) is 0. The maximum atomic E-state index is 13.8. The minimum atomic E-state index is -0.664. The molecule has 36 heavy (non-hydrogen) atoms. The van der Waals surface area contributed by atoms with Crippen molar-refractivity contribution in [3.63, 3.8) is 0 Å². The van der Waals surface area contributed by atoms with E-state index in [0.29, 0.717) is 39.7 Å². The molecule has 7 heteroatoms. The molecule has 6 nitrogen and oxygen atoms in total. The summed E-state index contributed by atoms with van der Waals surface area (Å²) in [5, 5.41) is 0.804. The van der Waals surface area contributed by atoms with Gasteiger partial charge in [0.25, 0.3) is 5.91 Å². The fraction of sp³-hybridized carbons (Fsp3) is 0.172. The Labute approximate surface area is 213 Å². The molecule has 0 N–H and O–H groups in total. The Kier molecular flexibility index (Phi) is 6.29. The monoisotopic (exact) mass is 501 g/mol. The third kappa shape index (κ3) is 4.14. The third-order valence-corrected chi connectivity index (χ3v) is 6.71. The standard InChI is InChI=1S/C29H24ClNO5/c1-4-12-35-21-7-5-6-19(14-21)26-25-27(32)22-15-23(30)17(2)13-24(22)36-28(25)29(33)31(26)16-18-8-10-20(34-3)11-9-18/h4-11,13-15,26H,1,12,16H2,2-3H3. The average molecular weight is 502 g/mol. The second kappa shape index (κ2) is 9.55. The van der Waals surface area contributed by atoms with Crippen molar-refractivity contribution in [2.24, 2.45) is 0 Å². The van der Waals surface area contributed by atoms with E-state index < -0.39 is 6.04 Å². The first kappa shape index (κ1) is 23.7. The normalized spacial score (nSPS) is 14.7. The lowest BCUT2D eigenvalue weighted by Crippen LogP contribution is -2.29. The zero-order chi connectivity index (χ0) is 25.4. The Hall–Kier alpha value is -4.03. The summed E-state index contributed by atoms with van der Waals surface area (Å²) in [5.41, 5.74) is 2.74. The molecule has 182 valence electrons. The van der Waals surface area contributed by atoms with Crippen LogP contribution >= 0.6 is 11.6 Å². The molecule has 0 fully saturated rings. The number of carbonyl (C=O) groups is 1. The Morgan fingerprint density at radius 3 is 2.58 bits per heavy atom. The molecule has 1 unspecified atom stereocenters. The number of benzene rings is 3. The van der Waals surface area contributed by atoms with Crippen LogP contribution in [0.1, 0.15) is 38.9 Å². The molecule has 0 saturated carbocycles. The van der Waals surface area contributed by atoms with Gasteiger partial charge in [-0.15, -0.1) is 0 Å². The number of halogens is 1. The van der Waals surface area contributed by atoms with Gasteiger partial charge in [-0.05, 0) is 60.0 Å². The fourth-order valence-electron chi connectivity index (χ4n) is 4.51. The number of amides is 1. The zero-order valence-electron chi connectivity index (χ0n) is 19.9. The maximum absolute atomic E-state index is 13.8. The van der Waals surface area contributed by atoms with Gasteiger partial charge in [-0.25, -0.2) is 0 Å². The summed E-state index contributed by atoms with van der Waals surface area (Å²) in [7, 11) is 1.60. The summed E-state index contributed by atoms with van der Waals surface area (Å²) in [6, 6.07) is 17.5. The number of carbonyl (C=O) groups excluding carboxylic acids is 1. The number of hydrogen-bond acceptors (Lipinski definition) is 5. The SMILES string of the molecule is C=CCOc1cccc(C2c3c(oc4cc(C)c(Cl)cc4c3=O)C(=O)N2Cc2ccc(OC)cc2)c1. The van der Waals surface area contributed by atoms with Crippen LogP contribution in [0.15, 0.2) is 82.5 Å². The highest BCUT2D eigenvalue weighted by molar-refractivity contribution is 6.32. The first-order valence-electron chi connectivity index (χ1n) is 11.5. The van der Waals surface area contributed by atoms with Gasteiger partial charge in [0.05, 0.1) is 24.1 Å². The number of nitrogens with zero attached hydrogens (tertiary/aromatic N) is 1. The van der Waals surface area contributed by atoms with E-state index in [1.54, 1.807) is 30.2 Å². The van der Waals surface area contributed by atoms with Crippen LogP contribution in [-0.2, 0) is 6.54 Å². The number of methoxy groups -OCH3 is 1. The van der Waals surface area contributed by atoms with Crippen LogP contribution in [-0.4, -0.2) is 24.5 Å². The molecule has 1 atom stereocenters. The molecule has 1 amide bonds. The quantitative estimate of drug-likeness (QED) is 0.287. The maximum Gasteiger partial charge on any atom is 0.291 e. The lowest BCUT2D eigenvalue weighted by molar-refractivity contribution is 0.0714. The number of ether oxygens (including phenoxy) is 2. The van der Waals surface area contributed by atoms with E-state index in [0.717, 1.165) is 16.7 Å². The molecule has 1 aromatic heterocycles. The number of rotatable bonds is 7. The van der Waals surface area contributed by atoms with Crippen molar-refractivity contribution >= 4 is 28.5 Å². The van der Waals surface area contributed by atoms with Gasteiger partial charge in [-0.2, -0.15) is 0 Å². The highest BCUT2D eigenvalue weighted by Crippen LogP contribution is 2.40. The first-order valence-corrected chi connectivity index (χ1v) is 11.8. The highest BCUT2D eigenvalue weighted by Gasteiger charge is 2.43. The Morgan fingerprint density at radius 1 is 1.08 bits per heavy atom. The predicted molar refractivity (Wildman–Crippen MR) is 139 cm³/mol. The first-order chi connectivity index (χ1) is 17.4. The van der Waals surface area contributed by atoms with E-state index in [2.05, 4.69) is 6.58 Å². The van der Waals surface area contributed by atoms with Crippen LogP contribution in [0, 0.1) is 6.92 Å². The minimum absolute atomic E-state index is 0.0464. The summed E-state index contributed by atoms with van der Waals surface area (Å²) in [6.07, 6.45) is 1.66. The van der Waals surface area contributed by atoms with Gasteiger partial charge in [0.2, 0.25) is 5.76 Å². The molecule has 5 rings (SSSR count). The van der Waals surface area contributed by atoms with Crippen molar-refractivity contribution < 1.29 is 18.7 Å². The van der Waals surface area contributed by atoms with E-state index in [4.69, 9.17) is 25.5 Å². The molecule has 0 bridgehead atoms. The minimum Gasteiger partial charge on any atom is -0.497 e. The van der Waals surface area contributed by atoms with Crippen molar-refractivity contribution in [2.45, 2.75) is 19.5 Å². The van der Waals surface area contributed by atoms with Crippen molar-refractivity contribution in [1.82, 2.24) is 4.90 Å². The van der Waals surface area contributed by atoms with Crippen molar-refractivity contribution in [3.8, 4) is 11.5 Å². The van der Waals surface area contributed by atoms with E-state index in [1.165, 1.54) is 0 Å². The van der Waals surface area contributed by atoms with Crippen LogP contribution in [0.2, 0.25) is 5.02 Å². The highest BCUT2D eigenvalue weighted by atomic mass is 35.5. The van der Waals surface area contributed by atoms with Crippen molar-refractivity contribution in [2.75, 3.05) is 13.7 Å². The van der Waals surface area contributed by atoms with Gasteiger partial charge in [0.1, 0.15) is 23.7 Å². The zero-order valence-corrected chi connectivity index (χ0v) is 20.7. The lowest BCUT2D eigenvalue weighted by atomic mass is 9.97. The van der Waals surface area contributed by atoms with Crippen molar-refractivity contribution in [3.05, 3.63) is 117 Å². The van der Waals surface area contributed by atoms with Crippen molar-refractivity contribution in [1.29, 1.82) is 0 Å². The van der Waals surface area contributed by atoms with Gasteiger partial charge in [0.15, 0.2) is 5.43 Å². The van der Waals surface area contributed by atoms with E-state index >= 15 is 0 Å². The van der Waals surface area contributed by atoms with Crippen LogP contribution < -0.4 is 14.9 Å². The fourth-order valence-corrected chi connectivity index (χ4v) is 4.67. The Morgan fingerprint density at radius 2 is 1.86 bits per heavy atom. The van der Waals surface area contributed by atoms with Gasteiger partial charge in [-0.1, -0.05) is 48.5 Å². The van der Waals surface area contributed by atoms with Gasteiger partial charge < -0.3 is 18.8 Å².